The Hall–Kier alpha value is -2.37. The van der Waals surface area contributed by atoms with Gasteiger partial charge in [-0.3, -0.25) is 0 Å². The molecule has 0 spiro atoms. The summed E-state index contributed by atoms with van der Waals surface area (Å²) in [5.74, 6) is 0.781. The van der Waals surface area contributed by atoms with Gasteiger partial charge < -0.3 is 19.7 Å². The van der Waals surface area contributed by atoms with Gasteiger partial charge in [0.2, 0.25) is 0 Å². The van der Waals surface area contributed by atoms with E-state index < -0.39 is 6.10 Å². The third-order valence-corrected chi connectivity index (χ3v) is 3.85. The van der Waals surface area contributed by atoms with E-state index in [-0.39, 0.29) is 0 Å². The number of aliphatic hydroxyl groups excluding tert-OH is 1. The molecule has 0 aliphatic rings. The second-order valence-electron chi connectivity index (χ2n) is 5.76. The van der Waals surface area contributed by atoms with Crippen LogP contribution in [0.5, 0.6) is 5.75 Å². The van der Waals surface area contributed by atoms with Crippen LogP contribution in [0.4, 0.5) is 0 Å². The molecule has 1 atom stereocenters. The van der Waals surface area contributed by atoms with Crippen molar-refractivity contribution in [1.82, 2.24) is 14.9 Å². The number of ether oxygens (including phenoxy) is 1. The molecule has 0 saturated carbocycles. The Balaban J connectivity index is 1.32. The third-order valence-electron chi connectivity index (χ3n) is 3.85. The summed E-state index contributed by atoms with van der Waals surface area (Å²) in [4.78, 5) is 4.38. The first-order chi connectivity index (χ1) is 11.8. The van der Waals surface area contributed by atoms with Crippen molar-refractivity contribution in [2.75, 3.05) is 19.7 Å². The predicted molar refractivity (Wildman–Crippen MR) is 95.2 cm³/mol. The quantitative estimate of drug-likeness (QED) is 0.593. The number of para-hydroxylation sites is 3. The van der Waals surface area contributed by atoms with Crippen LogP contribution in [0, 0.1) is 0 Å². The Morgan fingerprint density at radius 2 is 1.88 bits per heavy atom. The molecule has 24 heavy (non-hydrogen) atoms. The van der Waals surface area contributed by atoms with Gasteiger partial charge in [-0.2, -0.15) is 0 Å². The van der Waals surface area contributed by atoms with E-state index in [4.69, 9.17) is 4.74 Å². The van der Waals surface area contributed by atoms with Crippen LogP contribution in [0.15, 0.2) is 60.9 Å². The number of imidazole rings is 1. The van der Waals surface area contributed by atoms with E-state index in [1.807, 2.05) is 54.9 Å². The fourth-order valence-electron chi connectivity index (χ4n) is 2.60. The van der Waals surface area contributed by atoms with Gasteiger partial charge in [-0.05, 0) is 37.2 Å². The van der Waals surface area contributed by atoms with Gasteiger partial charge in [0.1, 0.15) is 18.5 Å². The van der Waals surface area contributed by atoms with Crippen LogP contribution in [-0.4, -0.2) is 40.5 Å². The maximum atomic E-state index is 9.93. The fourth-order valence-corrected chi connectivity index (χ4v) is 2.60. The number of aryl methyl sites for hydroxylation is 1. The van der Waals surface area contributed by atoms with Crippen molar-refractivity contribution < 1.29 is 9.84 Å². The zero-order valence-corrected chi connectivity index (χ0v) is 13.6. The summed E-state index contributed by atoms with van der Waals surface area (Å²) in [5.41, 5.74) is 2.19. The maximum absolute atomic E-state index is 9.93. The van der Waals surface area contributed by atoms with E-state index >= 15 is 0 Å². The van der Waals surface area contributed by atoms with Crippen molar-refractivity contribution in [3.63, 3.8) is 0 Å². The molecule has 1 aromatic heterocycles. The number of nitrogens with zero attached hydrogens (tertiary/aromatic N) is 2. The molecular formula is C19H23N3O2. The summed E-state index contributed by atoms with van der Waals surface area (Å²) in [6.45, 7) is 2.57. The van der Waals surface area contributed by atoms with Crippen LogP contribution in [0.1, 0.15) is 6.42 Å². The van der Waals surface area contributed by atoms with Crippen LogP contribution < -0.4 is 10.1 Å². The number of hydrogen-bond acceptors (Lipinski definition) is 4. The van der Waals surface area contributed by atoms with Crippen molar-refractivity contribution in [3.8, 4) is 5.75 Å². The molecule has 0 amide bonds. The second-order valence-corrected chi connectivity index (χ2v) is 5.76. The number of aromatic nitrogens is 2. The monoisotopic (exact) mass is 325 g/mol. The van der Waals surface area contributed by atoms with Crippen molar-refractivity contribution >= 4 is 11.0 Å². The molecular weight excluding hydrogens is 302 g/mol. The molecule has 0 saturated heterocycles. The average Bonchev–Trinajstić information content (AvgIpc) is 3.04. The topological polar surface area (TPSA) is 59.3 Å². The summed E-state index contributed by atoms with van der Waals surface area (Å²) >= 11 is 0. The summed E-state index contributed by atoms with van der Waals surface area (Å²) in [5, 5.41) is 13.2. The minimum absolute atomic E-state index is 0.295. The number of benzene rings is 2. The van der Waals surface area contributed by atoms with Crippen LogP contribution in [0.3, 0.4) is 0 Å². The summed E-state index contributed by atoms with van der Waals surface area (Å²) < 4.78 is 7.69. The minimum atomic E-state index is -0.515. The Labute approximate surface area is 141 Å². The Bertz CT molecular complexity index is 742. The lowest BCUT2D eigenvalue weighted by molar-refractivity contribution is 0.106. The normalized spacial score (nSPS) is 12.4. The molecule has 1 unspecified atom stereocenters. The van der Waals surface area contributed by atoms with Crippen molar-refractivity contribution in [2.24, 2.45) is 0 Å². The molecule has 2 N–H and O–H groups in total. The first-order valence-corrected chi connectivity index (χ1v) is 8.29. The molecule has 0 aliphatic heterocycles. The summed E-state index contributed by atoms with van der Waals surface area (Å²) in [7, 11) is 0. The first kappa shape index (κ1) is 16.5. The minimum Gasteiger partial charge on any atom is -0.491 e. The molecule has 126 valence electrons. The van der Waals surface area contributed by atoms with Crippen LogP contribution in [0.2, 0.25) is 0 Å². The summed E-state index contributed by atoms with van der Waals surface area (Å²) in [6.07, 6.45) is 2.35. The van der Waals surface area contributed by atoms with E-state index in [1.165, 1.54) is 0 Å². The number of rotatable bonds is 9. The molecule has 5 heteroatoms. The van der Waals surface area contributed by atoms with E-state index in [1.54, 1.807) is 0 Å². The lowest BCUT2D eigenvalue weighted by atomic mass is 10.3. The number of fused-ring (bicyclic) bond motifs is 1. The van der Waals surface area contributed by atoms with Crippen LogP contribution in [0.25, 0.3) is 11.0 Å². The number of nitrogens with one attached hydrogen (secondary N) is 1. The molecule has 0 bridgehead atoms. The van der Waals surface area contributed by atoms with E-state index in [2.05, 4.69) is 20.9 Å². The van der Waals surface area contributed by atoms with Crippen LogP contribution in [-0.2, 0) is 6.54 Å². The smallest absolute Gasteiger partial charge is 0.119 e. The Morgan fingerprint density at radius 1 is 1.08 bits per heavy atom. The van der Waals surface area contributed by atoms with E-state index in [0.29, 0.717) is 13.2 Å². The second kappa shape index (κ2) is 8.47. The lowest BCUT2D eigenvalue weighted by Crippen LogP contribution is -2.32. The molecule has 5 nitrogen and oxygen atoms in total. The highest BCUT2D eigenvalue weighted by atomic mass is 16.5. The van der Waals surface area contributed by atoms with Gasteiger partial charge in [-0.15, -0.1) is 0 Å². The predicted octanol–water partition coefficient (Wildman–Crippen LogP) is 2.46. The van der Waals surface area contributed by atoms with Crippen molar-refractivity contribution in [2.45, 2.75) is 19.1 Å². The third kappa shape index (κ3) is 4.57. The van der Waals surface area contributed by atoms with Gasteiger partial charge in [0.05, 0.1) is 17.4 Å². The zero-order valence-electron chi connectivity index (χ0n) is 13.6. The first-order valence-electron chi connectivity index (χ1n) is 8.29. The van der Waals surface area contributed by atoms with E-state index in [0.717, 1.165) is 36.3 Å². The standard InChI is InChI=1S/C19H23N3O2/c23-16(14-24-17-7-2-1-3-8-17)13-20-11-6-12-22-15-21-18-9-4-5-10-19(18)22/h1-5,7-10,15-16,20,23H,6,11-14H2. The molecule has 0 fully saturated rings. The van der Waals surface area contributed by atoms with Crippen LogP contribution >= 0.6 is 0 Å². The van der Waals surface area contributed by atoms with Gasteiger partial charge in [-0.1, -0.05) is 30.3 Å². The largest absolute Gasteiger partial charge is 0.491 e. The zero-order chi connectivity index (χ0) is 16.6. The lowest BCUT2D eigenvalue weighted by Gasteiger charge is -2.13. The molecule has 1 heterocycles. The highest BCUT2D eigenvalue weighted by Gasteiger charge is 2.05. The number of aliphatic hydroxyl groups is 1. The highest BCUT2D eigenvalue weighted by Crippen LogP contribution is 2.12. The summed E-state index contributed by atoms with van der Waals surface area (Å²) in [6, 6.07) is 17.7. The molecule has 3 rings (SSSR count). The number of hydrogen-bond donors (Lipinski definition) is 2. The molecule has 3 aromatic rings. The Kier molecular flexibility index (Phi) is 5.82. The van der Waals surface area contributed by atoms with Gasteiger partial charge in [-0.25, -0.2) is 4.98 Å². The van der Waals surface area contributed by atoms with Gasteiger partial charge >= 0.3 is 0 Å². The van der Waals surface area contributed by atoms with Crippen molar-refractivity contribution in [3.05, 3.63) is 60.9 Å². The molecule has 2 aromatic carbocycles. The molecule has 0 radical (unpaired) electrons. The maximum Gasteiger partial charge on any atom is 0.119 e. The molecule has 0 aliphatic carbocycles. The van der Waals surface area contributed by atoms with Crippen molar-refractivity contribution in [1.29, 1.82) is 0 Å². The van der Waals surface area contributed by atoms with Gasteiger partial charge in [0.15, 0.2) is 0 Å². The Morgan fingerprint density at radius 3 is 2.75 bits per heavy atom. The van der Waals surface area contributed by atoms with E-state index in [9.17, 15) is 5.11 Å². The van der Waals surface area contributed by atoms with Gasteiger partial charge in [0.25, 0.3) is 0 Å². The fraction of sp³-hybridized carbons (Fsp3) is 0.316. The highest BCUT2D eigenvalue weighted by molar-refractivity contribution is 5.74. The SMILES string of the molecule is OC(CNCCCn1cnc2ccccc21)COc1ccccc1. The average molecular weight is 325 g/mol. The van der Waals surface area contributed by atoms with Gasteiger partial charge in [0, 0.05) is 13.1 Å².